The zero-order valence-electron chi connectivity index (χ0n) is 17.9. The first-order valence-corrected chi connectivity index (χ1v) is 12.0. The van der Waals surface area contributed by atoms with Crippen molar-refractivity contribution in [2.45, 2.75) is 148 Å². The normalized spacial score (nSPS) is 11.1. The summed E-state index contributed by atoms with van der Waals surface area (Å²) in [7, 11) is 0. The Morgan fingerprint density at radius 3 is 0.923 bits per heavy atom. The van der Waals surface area contributed by atoms with Gasteiger partial charge in [-0.25, -0.2) is 0 Å². The predicted molar refractivity (Wildman–Crippen MR) is 115 cm³/mol. The summed E-state index contributed by atoms with van der Waals surface area (Å²) in [4.78, 5) is 10.4. The van der Waals surface area contributed by atoms with E-state index in [1.807, 2.05) is 0 Å². The summed E-state index contributed by atoms with van der Waals surface area (Å²) in [5.74, 6) is -0.650. The molecule has 0 heterocycles. The number of carbonyl (C=O) groups is 1. The Balaban J connectivity index is 2.98. The van der Waals surface area contributed by atoms with Crippen molar-refractivity contribution in [3.63, 3.8) is 0 Å². The van der Waals surface area contributed by atoms with Crippen LogP contribution < -0.4 is 0 Å². The third-order valence-electron chi connectivity index (χ3n) is 5.49. The van der Waals surface area contributed by atoms with Crippen molar-refractivity contribution in [3.05, 3.63) is 0 Å². The van der Waals surface area contributed by atoms with Crippen molar-refractivity contribution in [2.75, 3.05) is 0 Å². The highest BCUT2D eigenvalue weighted by atomic mass is 16.6. The summed E-state index contributed by atoms with van der Waals surface area (Å²) in [5.41, 5.74) is 0. The molecule has 0 radical (unpaired) electrons. The maximum absolute atomic E-state index is 10.4. The molecule has 0 atom stereocenters. The lowest BCUT2D eigenvalue weighted by Crippen LogP contribution is -1.93. The molecule has 26 heavy (non-hydrogen) atoms. The van der Waals surface area contributed by atoms with E-state index >= 15 is 0 Å². The molecule has 0 unspecified atom stereocenters. The maximum Gasteiger partial charge on any atom is 0.303 e. The molecule has 2 nitrogen and oxygen atoms in total. The average Bonchev–Trinajstić information content (AvgIpc) is 2.62. The van der Waals surface area contributed by atoms with Crippen LogP contribution in [0.25, 0.3) is 0 Å². The van der Waals surface area contributed by atoms with Gasteiger partial charge in [-0.3, -0.25) is 4.79 Å². The lowest BCUT2D eigenvalue weighted by Gasteiger charge is -2.04. The van der Waals surface area contributed by atoms with Gasteiger partial charge in [-0.15, -0.1) is 0 Å². The van der Waals surface area contributed by atoms with Crippen LogP contribution in [0.4, 0.5) is 0 Å². The summed E-state index contributed by atoms with van der Waals surface area (Å²) in [5, 5.41) is 8.57. The summed E-state index contributed by atoms with van der Waals surface area (Å²) in [6, 6.07) is 0. The molecule has 1 N–H and O–H groups in total. The Hall–Kier alpha value is -0.530. The van der Waals surface area contributed by atoms with E-state index in [0.29, 0.717) is 6.42 Å². The lowest BCUT2D eigenvalue weighted by atomic mass is 10.0. The molecule has 156 valence electrons. The lowest BCUT2D eigenvalue weighted by molar-refractivity contribution is -0.137. The van der Waals surface area contributed by atoms with Gasteiger partial charge in [0.2, 0.25) is 0 Å². The molecule has 0 aliphatic carbocycles. The number of hydrogen-bond acceptors (Lipinski definition) is 1. The van der Waals surface area contributed by atoms with E-state index in [0.717, 1.165) is 12.8 Å². The Labute approximate surface area is 164 Å². The fourth-order valence-electron chi connectivity index (χ4n) is 3.71. The van der Waals surface area contributed by atoms with Crippen molar-refractivity contribution in [1.82, 2.24) is 0 Å². The van der Waals surface area contributed by atoms with E-state index in [-0.39, 0.29) is 0 Å². The highest BCUT2D eigenvalue weighted by molar-refractivity contribution is 5.66. The van der Waals surface area contributed by atoms with Crippen LogP contribution in [0.5, 0.6) is 0 Å². The minimum atomic E-state index is -0.650. The minimum absolute atomic E-state index is 0.346. The third-order valence-corrected chi connectivity index (χ3v) is 5.49. The van der Waals surface area contributed by atoms with E-state index in [4.69, 9.17) is 5.11 Å². The Morgan fingerprint density at radius 1 is 0.462 bits per heavy atom. The fourth-order valence-corrected chi connectivity index (χ4v) is 3.71. The summed E-state index contributed by atoms with van der Waals surface area (Å²) < 4.78 is 0. The molecular weight excluding hydrogens is 322 g/mol. The van der Waals surface area contributed by atoms with Gasteiger partial charge in [-0.05, 0) is 6.42 Å². The van der Waals surface area contributed by atoms with Gasteiger partial charge in [0.15, 0.2) is 0 Å². The second kappa shape index (κ2) is 22.5. The van der Waals surface area contributed by atoms with Gasteiger partial charge in [0.25, 0.3) is 0 Å². The predicted octanol–water partition coefficient (Wildman–Crippen LogP) is 8.67. The standard InChI is InChI=1S/C24H48O2/c1-2-3-4-5-6-7-8-9-10-11-12-13-14-15-16-17-18-19-20-21-22-23-24(25)26/h2-23H2,1H3,(H,25,26)/i24+2. The molecule has 0 fully saturated rings. The summed E-state index contributed by atoms with van der Waals surface area (Å²) in [6.07, 6.45) is 29.1. The maximum atomic E-state index is 10.4. The quantitative estimate of drug-likeness (QED) is 0.193. The van der Waals surface area contributed by atoms with Gasteiger partial charge in [0.05, 0.1) is 0 Å². The van der Waals surface area contributed by atoms with Gasteiger partial charge in [0.1, 0.15) is 0 Å². The monoisotopic (exact) mass is 370 g/mol. The zero-order valence-corrected chi connectivity index (χ0v) is 17.9. The van der Waals surface area contributed by atoms with Crippen molar-refractivity contribution in [1.29, 1.82) is 0 Å². The van der Waals surface area contributed by atoms with Gasteiger partial charge in [-0.2, -0.15) is 0 Å². The van der Waals surface area contributed by atoms with Crippen molar-refractivity contribution >= 4 is 5.97 Å². The van der Waals surface area contributed by atoms with Crippen LogP contribution >= 0.6 is 0 Å². The molecule has 0 aromatic carbocycles. The third kappa shape index (κ3) is 23.5. The fraction of sp³-hybridized carbons (Fsp3) is 0.958. The SMILES string of the molecule is CCCCCCCCCCCCCCCCCCCCCCC[14C](=O)O. The Morgan fingerprint density at radius 2 is 0.692 bits per heavy atom. The smallest absolute Gasteiger partial charge is 0.303 e. The number of carboxylic acid groups (broad SMARTS) is 1. The van der Waals surface area contributed by atoms with Gasteiger partial charge in [0, 0.05) is 6.42 Å². The van der Waals surface area contributed by atoms with Crippen LogP contribution in [0.3, 0.4) is 0 Å². The van der Waals surface area contributed by atoms with Crippen LogP contribution in [0.1, 0.15) is 148 Å². The number of aliphatic carboxylic acids is 1. The first-order chi connectivity index (χ1) is 12.8. The van der Waals surface area contributed by atoms with Crippen LogP contribution in [0.2, 0.25) is 0 Å². The molecule has 2 heteroatoms. The van der Waals surface area contributed by atoms with Crippen molar-refractivity contribution in [3.8, 4) is 0 Å². The second-order valence-electron chi connectivity index (χ2n) is 8.21. The topological polar surface area (TPSA) is 37.3 Å². The molecule has 0 aromatic heterocycles. The van der Waals surface area contributed by atoms with Gasteiger partial charge >= 0.3 is 5.97 Å². The minimum Gasteiger partial charge on any atom is -0.481 e. The van der Waals surface area contributed by atoms with Crippen molar-refractivity contribution < 1.29 is 9.90 Å². The largest absolute Gasteiger partial charge is 0.481 e. The molecule has 0 amide bonds. The van der Waals surface area contributed by atoms with Crippen LogP contribution in [0.15, 0.2) is 0 Å². The summed E-state index contributed by atoms with van der Waals surface area (Å²) in [6.45, 7) is 2.29. The summed E-state index contributed by atoms with van der Waals surface area (Å²) >= 11 is 0. The molecule has 0 saturated heterocycles. The molecular formula is C24H48O2. The van der Waals surface area contributed by atoms with E-state index in [1.54, 1.807) is 0 Å². The number of carboxylic acids is 1. The Bertz CT molecular complexity index is 275. The molecule has 0 bridgehead atoms. The number of hydrogen-bond donors (Lipinski definition) is 1. The van der Waals surface area contributed by atoms with Gasteiger partial charge < -0.3 is 5.11 Å². The van der Waals surface area contributed by atoms with Crippen LogP contribution in [0, 0.1) is 0 Å². The van der Waals surface area contributed by atoms with Gasteiger partial charge in [-0.1, -0.05) is 135 Å². The Kier molecular flexibility index (Phi) is 22.1. The first-order valence-electron chi connectivity index (χ1n) is 12.0. The molecule has 0 aliphatic rings. The molecule has 0 saturated carbocycles. The number of rotatable bonds is 22. The van der Waals surface area contributed by atoms with E-state index in [1.165, 1.54) is 122 Å². The van der Waals surface area contributed by atoms with E-state index < -0.39 is 5.97 Å². The second-order valence-corrected chi connectivity index (χ2v) is 8.21. The molecule has 0 spiro atoms. The van der Waals surface area contributed by atoms with E-state index in [2.05, 4.69) is 6.92 Å². The molecule has 0 aliphatic heterocycles. The highest BCUT2D eigenvalue weighted by Gasteiger charge is 1.97. The first kappa shape index (κ1) is 25.5. The highest BCUT2D eigenvalue weighted by Crippen LogP contribution is 2.15. The van der Waals surface area contributed by atoms with E-state index in [9.17, 15) is 4.79 Å². The number of unbranched alkanes of at least 4 members (excludes halogenated alkanes) is 20. The van der Waals surface area contributed by atoms with Crippen LogP contribution in [-0.4, -0.2) is 11.1 Å². The average molecular weight is 371 g/mol. The van der Waals surface area contributed by atoms with Crippen molar-refractivity contribution in [2.24, 2.45) is 0 Å². The zero-order chi connectivity index (χ0) is 19.1. The molecule has 0 rings (SSSR count). The van der Waals surface area contributed by atoms with Crippen LogP contribution in [-0.2, 0) is 4.79 Å². The molecule has 0 aromatic rings.